The first-order valence-electron chi connectivity index (χ1n) is 5.78. The van der Waals surface area contributed by atoms with Gasteiger partial charge >= 0.3 is 5.97 Å². The molecule has 0 saturated carbocycles. The molecule has 96 valence electrons. The van der Waals surface area contributed by atoms with Crippen LogP contribution in [0.25, 0.3) is 11.1 Å². The predicted octanol–water partition coefficient (Wildman–Crippen LogP) is 2.08. The van der Waals surface area contributed by atoms with Crippen LogP contribution >= 0.6 is 0 Å². The lowest BCUT2D eigenvalue weighted by molar-refractivity contribution is -0.136. The molecule has 19 heavy (non-hydrogen) atoms. The van der Waals surface area contributed by atoms with Crippen molar-refractivity contribution in [1.29, 1.82) is 0 Å². The zero-order valence-corrected chi connectivity index (χ0v) is 10.2. The number of amides is 1. The van der Waals surface area contributed by atoms with E-state index in [-0.39, 0.29) is 6.42 Å². The highest BCUT2D eigenvalue weighted by molar-refractivity contribution is 5.99. The second-order valence-corrected chi connectivity index (χ2v) is 4.18. The molecular formula is C15H13NO3. The number of carboxylic acids is 1. The summed E-state index contributed by atoms with van der Waals surface area (Å²) in [4.78, 5) is 22.1. The first-order valence-corrected chi connectivity index (χ1v) is 5.78. The number of nitrogens with two attached hydrogens (primary N) is 1. The summed E-state index contributed by atoms with van der Waals surface area (Å²) < 4.78 is 0. The third kappa shape index (κ3) is 2.98. The monoisotopic (exact) mass is 255 g/mol. The molecule has 2 aromatic carbocycles. The number of carbonyl (C=O) groups excluding carboxylic acids is 1. The molecule has 4 heteroatoms. The molecule has 0 heterocycles. The first-order chi connectivity index (χ1) is 9.08. The van der Waals surface area contributed by atoms with Crippen molar-refractivity contribution in [1.82, 2.24) is 0 Å². The van der Waals surface area contributed by atoms with Crippen LogP contribution in [0.2, 0.25) is 0 Å². The molecule has 0 bridgehead atoms. The van der Waals surface area contributed by atoms with Gasteiger partial charge in [0.05, 0.1) is 6.42 Å². The topological polar surface area (TPSA) is 80.4 Å². The Morgan fingerprint density at radius 1 is 1.05 bits per heavy atom. The molecule has 0 fully saturated rings. The third-order valence-corrected chi connectivity index (χ3v) is 2.79. The minimum Gasteiger partial charge on any atom is -0.481 e. The molecule has 0 atom stereocenters. The second-order valence-electron chi connectivity index (χ2n) is 4.18. The lowest BCUT2D eigenvalue weighted by Gasteiger charge is -2.08. The summed E-state index contributed by atoms with van der Waals surface area (Å²) in [5.41, 5.74) is 7.94. The fourth-order valence-corrected chi connectivity index (χ4v) is 1.97. The van der Waals surface area contributed by atoms with Crippen molar-refractivity contribution in [2.45, 2.75) is 6.42 Å². The Bertz CT molecular complexity index is 635. The highest BCUT2D eigenvalue weighted by atomic mass is 16.4. The Morgan fingerprint density at radius 3 is 2.47 bits per heavy atom. The van der Waals surface area contributed by atoms with Crippen LogP contribution in [0.1, 0.15) is 15.9 Å². The predicted molar refractivity (Wildman–Crippen MR) is 71.7 cm³/mol. The standard InChI is InChI=1S/C15H13NO3/c16-15(19)13-7-2-1-6-12(13)11-5-3-4-10(8-11)9-14(17)18/h1-8H,9H2,(H2,16,19)(H,17,18). The Balaban J connectivity index is 2.47. The van der Waals surface area contributed by atoms with Crippen LogP contribution in [-0.4, -0.2) is 17.0 Å². The van der Waals surface area contributed by atoms with Gasteiger partial charge in [0, 0.05) is 5.56 Å². The number of carbonyl (C=O) groups is 2. The van der Waals surface area contributed by atoms with E-state index in [0.717, 1.165) is 5.56 Å². The van der Waals surface area contributed by atoms with E-state index in [1.54, 1.807) is 36.4 Å². The van der Waals surface area contributed by atoms with E-state index in [1.165, 1.54) is 0 Å². The average molecular weight is 255 g/mol. The molecule has 4 nitrogen and oxygen atoms in total. The largest absolute Gasteiger partial charge is 0.481 e. The van der Waals surface area contributed by atoms with Gasteiger partial charge in [0.25, 0.3) is 0 Å². The lowest BCUT2D eigenvalue weighted by Crippen LogP contribution is -2.12. The fraction of sp³-hybridized carbons (Fsp3) is 0.0667. The first kappa shape index (κ1) is 12.8. The maximum atomic E-state index is 11.4. The van der Waals surface area contributed by atoms with E-state index in [2.05, 4.69) is 0 Å². The number of rotatable bonds is 4. The molecule has 0 aliphatic rings. The number of hydrogen-bond acceptors (Lipinski definition) is 2. The van der Waals surface area contributed by atoms with Gasteiger partial charge in [-0.2, -0.15) is 0 Å². The van der Waals surface area contributed by atoms with Crippen molar-refractivity contribution in [3.05, 3.63) is 59.7 Å². The van der Waals surface area contributed by atoms with Gasteiger partial charge < -0.3 is 10.8 Å². The van der Waals surface area contributed by atoms with Crippen LogP contribution < -0.4 is 5.73 Å². The van der Waals surface area contributed by atoms with E-state index < -0.39 is 11.9 Å². The molecule has 0 aromatic heterocycles. The molecule has 3 N–H and O–H groups in total. The highest BCUT2D eigenvalue weighted by Crippen LogP contribution is 2.24. The zero-order valence-electron chi connectivity index (χ0n) is 10.2. The molecule has 0 unspecified atom stereocenters. The minimum absolute atomic E-state index is 0.0490. The maximum absolute atomic E-state index is 11.4. The summed E-state index contributed by atoms with van der Waals surface area (Å²) in [5.74, 6) is -1.39. The van der Waals surface area contributed by atoms with Gasteiger partial charge in [-0.15, -0.1) is 0 Å². The van der Waals surface area contributed by atoms with Gasteiger partial charge in [-0.25, -0.2) is 0 Å². The number of benzene rings is 2. The van der Waals surface area contributed by atoms with Crippen LogP contribution in [0, 0.1) is 0 Å². The third-order valence-electron chi connectivity index (χ3n) is 2.79. The molecule has 0 aliphatic heterocycles. The van der Waals surface area contributed by atoms with E-state index in [1.807, 2.05) is 12.1 Å². The van der Waals surface area contributed by atoms with Crippen LogP contribution in [0.5, 0.6) is 0 Å². The van der Waals surface area contributed by atoms with Crippen molar-refractivity contribution < 1.29 is 14.7 Å². The van der Waals surface area contributed by atoms with Crippen molar-refractivity contribution >= 4 is 11.9 Å². The van der Waals surface area contributed by atoms with E-state index >= 15 is 0 Å². The van der Waals surface area contributed by atoms with E-state index in [0.29, 0.717) is 16.7 Å². The number of hydrogen-bond donors (Lipinski definition) is 2. The van der Waals surface area contributed by atoms with Gasteiger partial charge in [0.1, 0.15) is 0 Å². The number of primary amides is 1. The minimum atomic E-state index is -0.889. The van der Waals surface area contributed by atoms with Gasteiger partial charge in [-0.05, 0) is 22.8 Å². The molecule has 1 amide bonds. The number of aliphatic carboxylic acids is 1. The zero-order chi connectivity index (χ0) is 13.8. The highest BCUT2D eigenvalue weighted by Gasteiger charge is 2.10. The van der Waals surface area contributed by atoms with E-state index in [9.17, 15) is 9.59 Å². The van der Waals surface area contributed by atoms with Gasteiger partial charge in [-0.3, -0.25) is 9.59 Å². The van der Waals surface area contributed by atoms with Gasteiger partial charge in [0.2, 0.25) is 5.91 Å². The Kier molecular flexibility index (Phi) is 3.61. The summed E-state index contributed by atoms with van der Waals surface area (Å²) in [5, 5.41) is 8.80. The van der Waals surface area contributed by atoms with Gasteiger partial charge in [-0.1, -0.05) is 42.5 Å². The molecule has 0 radical (unpaired) electrons. The SMILES string of the molecule is NC(=O)c1ccccc1-c1cccc(CC(=O)O)c1. The molecule has 2 aromatic rings. The molecule has 0 aliphatic carbocycles. The average Bonchev–Trinajstić information content (AvgIpc) is 2.38. The smallest absolute Gasteiger partial charge is 0.307 e. The molecular weight excluding hydrogens is 242 g/mol. The summed E-state index contributed by atoms with van der Waals surface area (Å²) in [7, 11) is 0. The van der Waals surface area contributed by atoms with Crippen LogP contribution in [0.4, 0.5) is 0 Å². The van der Waals surface area contributed by atoms with Crippen molar-refractivity contribution in [2.75, 3.05) is 0 Å². The fourth-order valence-electron chi connectivity index (χ4n) is 1.97. The van der Waals surface area contributed by atoms with Gasteiger partial charge in [0.15, 0.2) is 0 Å². The second kappa shape index (κ2) is 5.35. The maximum Gasteiger partial charge on any atom is 0.307 e. The van der Waals surface area contributed by atoms with Crippen molar-refractivity contribution in [2.24, 2.45) is 5.73 Å². The number of carboxylic acid groups (broad SMARTS) is 1. The molecule has 2 rings (SSSR count). The normalized spacial score (nSPS) is 10.1. The molecule has 0 saturated heterocycles. The van der Waals surface area contributed by atoms with Crippen LogP contribution in [-0.2, 0) is 11.2 Å². The quantitative estimate of drug-likeness (QED) is 0.877. The Labute approximate surface area is 110 Å². The summed E-state index contributed by atoms with van der Waals surface area (Å²) >= 11 is 0. The van der Waals surface area contributed by atoms with Crippen LogP contribution in [0.3, 0.4) is 0 Å². The van der Waals surface area contributed by atoms with Crippen molar-refractivity contribution in [3.8, 4) is 11.1 Å². The molecule has 0 spiro atoms. The lowest BCUT2D eigenvalue weighted by atomic mass is 9.97. The Morgan fingerprint density at radius 2 is 1.79 bits per heavy atom. The summed E-state index contributed by atoms with van der Waals surface area (Å²) in [6, 6.07) is 14.1. The summed E-state index contributed by atoms with van der Waals surface area (Å²) in [6.07, 6.45) is -0.0490. The van der Waals surface area contributed by atoms with Crippen molar-refractivity contribution in [3.63, 3.8) is 0 Å². The van der Waals surface area contributed by atoms with Crippen LogP contribution in [0.15, 0.2) is 48.5 Å². The summed E-state index contributed by atoms with van der Waals surface area (Å²) in [6.45, 7) is 0. The Hall–Kier alpha value is -2.62. The van der Waals surface area contributed by atoms with E-state index in [4.69, 9.17) is 10.8 Å².